The Hall–Kier alpha value is -1.11. The molecule has 0 N–H and O–H groups in total. The minimum absolute atomic E-state index is 0.227. The van der Waals surface area contributed by atoms with Gasteiger partial charge in [-0.1, -0.05) is 6.42 Å². The summed E-state index contributed by atoms with van der Waals surface area (Å²) in [7, 11) is 0. The van der Waals surface area contributed by atoms with Gasteiger partial charge in [0.1, 0.15) is 5.41 Å². The lowest BCUT2D eigenvalue weighted by Gasteiger charge is -2.37. The van der Waals surface area contributed by atoms with Crippen LogP contribution >= 0.6 is 0 Å². The molecule has 0 aromatic carbocycles. The molecule has 1 aliphatic carbocycles. The van der Waals surface area contributed by atoms with Gasteiger partial charge in [-0.25, -0.2) is 0 Å². The highest BCUT2D eigenvalue weighted by atomic mass is 16.6. The van der Waals surface area contributed by atoms with Gasteiger partial charge in [-0.2, -0.15) is 5.26 Å². The Labute approximate surface area is 84.1 Å². The van der Waals surface area contributed by atoms with Gasteiger partial charge in [-0.15, -0.1) is 0 Å². The summed E-state index contributed by atoms with van der Waals surface area (Å²) >= 11 is 0. The Bertz CT molecular complexity index is 272. The molecule has 14 heavy (non-hydrogen) atoms. The zero-order valence-electron chi connectivity index (χ0n) is 8.75. The quantitative estimate of drug-likeness (QED) is 0.503. The Kier molecular flexibility index (Phi) is 2.79. The van der Waals surface area contributed by atoms with Crippen LogP contribution in [0.5, 0.6) is 0 Å². The lowest BCUT2D eigenvalue weighted by atomic mass is 9.66. The number of hydrogen-bond acceptors (Lipinski definition) is 3. The molecule has 0 amide bonds. The van der Waals surface area contributed by atoms with Crippen LogP contribution < -0.4 is 0 Å². The van der Waals surface area contributed by atoms with Crippen molar-refractivity contribution >= 4 is 0 Å². The fourth-order valence-electron chi connectivity index (χ4n) is 2.28. The third-order valence-electron chi connectivity index (χ3n) is 3.47. The maximum atomic E-state index is 11.1. The second kappa shape index (κ2) is 3.56. The molecular weight excluding hydrogens is 180 g/mol. The number of nitrogens with zero attached hydrogens (tertiary/aromatic N) is 2. The van der Waals surface area contributed by atoms with Crippen molar-refractivity contribution in [1.29, 1.82) is 5.26 Å². The SMILES string of the molecule is CC(C)(C#N)C1([N+](=O)[O-])CCCCC1. The van der Waals surface area contributed by atoms with Crippen molar-refractivity contribution in [2.75, 3.05) is 0 Å². The molecule has 1 aliphatic rings. The smallest absolute Gasteiger partial charge is 0.240 e. The van der Waals surface area contributed by atoms with Crippen LogP contribution in [-0.4, -0.2) is 10.5 Å². The van der Waals surface area contributed by atoms with Gasteiger partial charge in [0, 0.05) is 17.8 Å². The molecule has 0 saturated heterocycles. The first kappa shape index (κ1) is 11.0. The number of rotatable bonds is 2. The largest absolute Gasteiger partial charge is 0.264 e. The van der Waals surface area contributed by atoms with Crippen LogP contribution in [0.25, 0.3) is 0 Å². The van der Waals surface area contributed by atoms with E-state index in [9.17, 15) is 10.1 Å². The molecule has 0 heterocycles. The summed E-state index contributed by atoms with van der Waals surface area (Å²) in [5.74, 6) is 0. The summed E-state index contributed by atoms with van der Waals surface area (Å²) in [4.78, 5) is 10.9. The Morgan fingerprint density at radius 3 is 2.21 bits per heavy atom. The average Bonchev–Trinajstić information content (AvgIpc) is 2.18. The first-order chi connectivity index (χ1) is 6.46. The van der Waals surface area contributed by atoms with E-state index in [1.54, 1.807) is 13.8 Å². The second-order valence-corrected chi connectivity index (χ2v) is 4.59. The molecule has 78 valence electrons. The van der Waals surface area contributed by atoms with Crippen LogP contribution in [-0.2, 0) is 0 Å². The zero-order chi connectivity index (χ0) is 10.8. The van der Waals surface area contributed by atoms with Gasteiger partial charge in [0.05, 0.1) is 6.07 Å². The van der Waals surface area contributed by atoms with E-state index in [2.05, 4.69) is 6.07 Å². The summed E-state index contributed by atoms with van der Waals surface area (Å²) in [6, 6.07) is 2.09. The van der Waals surface area contributed by atoms with Crippen LogP contribution in [0.4, 0.5) is 0 Å². The third kappa shape index (κ3) is 1.47. The normalized spacial score (nSPS) is 21.2. The highest BCUT2D eigenvalue weighted by molar-refractivity contribution is 5.07. The van der Waals surface area contributed by atoms with Crippen molar-refractivity contribution < 1.29 is 4.92 Å². The molecular formula is C10H16N2O2. The van der Waals surface area contributed by atoms with Gasteiger partial charge in [0.15, 0.2) is 0 Å². The Morgan fingerprint density at radius 1 is 1.36 bits per heavy atom. The molecule has 0 spiro atoms. The molecule has 0 aliphatic heterocycles. The second-order valence-electron chi connectivity index (χ2n) is 4.59. The van der Waals surface area contributed by atoms with Crippen molar-refractivity contribution in [3.05, 3.63) is 10.1 Å². The topological polar surface area (TPSA) is 66.9 Å². The van der Waals surface area contributed by atoms with Gasteiger partial charge in [0.2, 0.25) is 5.54 Å². The minimum Gasteiger partial charge on any atom is -0.264 e. The van der Waals surface area contributed by atoms with E-state index in [0.29, 0.717) is 12.8 Å². The number of nitriles is 1. The molecule has 0 bridgehead atoms. The van der Waals surface area contributed by atoms with E-state index in [-0.39, 0.29) is 4.92 Å². The van der Waals surface area contributed by atoms with E-state index in [1.165, 1.54) is 0 Å². The monoisotopic (exact) mass is 196 g/mol. The predicted molar refractivity (Wildman–Crippen MR) is 52.2 cm³/mol. The number of nitro groups is 1. The molecule has 1 saturated carbocycles. The molecule has 4 nitrogen and oxygen atoms in total. The Morgan fingerprint density at radius 2 is 1.86 bits per heavy atom. The average molecular weight is 196 g/mol. The number of hydrogen-bond donors (Lipinski definition) is 0. The minimum atomic E-state index is -1.01. The van der Waals surface area contributed by atoms with Gasteiger partial charge in [0.25, 0.3) is 0 Å². The van der Waals surface area contributed by atoms with Crippen molar-refractivity contribution in [2.45, 2.75) is 51.5 Å². The summed E-state index contributed by atoms with van der Waals surface area (Å²) in [5, 5.41) is 20.1. The molecule has 0 aromatic heterocycles. The van der Waals surface area contributed by atoms with Crippen LogP contribution in [0.1, 0.15) is 46.0 Å². The van der Waals surface area contributed by atoms with Gasteiger partial charge < -0.3 is 0 Å². The first-order valence-corrected chi connectivity index (χ1v) is 5.02. The Balaban J connectivity index is 3.04. The molecule has 0 atom stereocenters. The maximum Gasteiger partial charge on any atom is 0.240 e. The van der Waals surface area contributed by atoms with Gasteiger partial charge in [-0.3, -0.25) is 10.1 Å². The summed E-state index contributed by atoms with van der Waals surface area (Å²) < 4.78 is 0. The third-order valence-corrected chi connectivity index (χ3v) is 3.47. The van der Waals surface area contributed by atoms with Gasteiger partial charge in [-0.05, 0) is 26.7 Å². The van der Waals surface area contributed by atoms with E-state index < -0.39 is 11.0 Å². The molecule has 1 fully saturated rings. The first-order valence-electron chi connectivity index (χ1n) is 5.02. The van der Waals surface area contributed by atoms with Crippen molar-refractivity contribution in [3.63, 3.8) is 0 Å². The highest BCUT2D eigenvalue weighted by Gasteiger charge is 2.56. The van der Waals surface area contributed by atoms with E-state index in [4.69, 9.17) is 5.26 Å². The van der Waals surface area contributed by atoms with Crippen LogP contribution in [0, 0.1) is 26.9 Å². The van der Waals surface area contributed by atoms with Crippen molar-refractivity contribution in [2.24, 2.45) is 5.41 Å². The standard InChI is InChI=1S/C10H16N2O2/c1-9(2,8-11)10(12(13)14)6-4-3-5-7-10/h3-7H2,1-2H3. The van der Waals surface area contributed by atoms with E-state index >= 15 is 0 Å². The molecule has 0 aromatic rings. The summed E-state index contributed by atoms with van der Waals surface area (Å²) in [6.07, 6.45) is 3.87. The molecule has 0 unspecified atom stereocenters. The zero-order valence-corrected chi connectivity index (χ0v) is 8.75. The van der Waals surface area contributed by atoms with Crippen LogP contribution in [0.3, 0.4) is 0 Å². The molecule has 1 rings (SSSR count). The lowest BCUT2D eigenvalue weighted by Crippen LogP contribution is -2.51. The van der Waals surface area contributed by atoms with Crippen molar-refractivity contribution in [1.82, 2.24) is 0 Å². The fraction of sp³-hybridized carbons (Fsp3) is 0.900. The fourth-order valence-corrected chi connectivity index (χ4v) is 2.28. The maximum absolute atomic E-state index is 11.1. The van der Waals surface area contributed by atoms with Crippen molar-refractivity contribution in [3.8, 4) is 6.07 Å². The predicted octanol–water partition coefficient (Wildman–Crippen LogP) is 2.52. The molecule has 0 radical (unpaired) electrons. The van der Waals surface area contributed by atoms with E-state index in [1.807, 2.05) is 0 Å². The summed E-state index contributed by atoms with van der Waals surface area (Å²) in [6.45, 7) is 3.36. The lowest BCUT2D eigenvalue weighted by molar-refractivity contribution is -0.591. The van der Waals surface area contributed by atoms with Crippen LogP contribution in [0.15, 0.2) is 0 Å². The highest BCUT2D eigenvalue weighted by Crippen LogP contribution is 2.44. The van der Waals surface area contributed by atoms with E-state index in [0.717, 1.165) is 19.3 Å². The summed E-state index contributed by atoms with van der Waals surface area (Å²) in [5.41, 5.74) is -1.88. The van der Waals surface area contributed by atoms with Crippen LogP contribution in [0.2, 0.25) is 0 Å². The molecule has 4 heteroatoms. The van der Waals surface area contributed by atoms with Gasteiger partial charge >= 0.3 is 0 Å².